The average molecular weight is 483 g/mol. The number of carbonyl (C=O) groups is 1. The maximum absolute atomic E-state index is 12.7. The zero-order valence-corrected chi connectivity index (χ0v) is 20.2. The van der Waals surface area contributed by atoms with Crippen molar-refractivity contribution >= 4 is 28.7 Å². The molecule has 0 saturated carbocycles. The summed E-state index contributed by atoms with van der Waals surface area (Å²) in [4.78, 5) is 27.1. The summed E-state index contributed by atoms with van der Waals surface area (Å²) < 4.78 is 16.6. The van der Waals surface area contributed by atoms with Crippen LogP contribution in [0.15, 0.2) is 24.4 Å². The number of carbonyl (C=O) groups excluding carboxylic acids is 1. The molecule has 1 aliphatic carbocycles. The summed E-state index contributed by atoms with van der Waals surface area (Å²) in [6, 6.07) is 6.01. The Morgan fingerprint density at radius 3 is 2.68 bits per heavy atom. The molecule has 0 spiro atoms. The summed E-state index contributed by atoms with van der Waals surface area (Å²) in [5.74, 6) is 0.234. The SMILES string of the molecule is CCCN1CCC(c2ccc(NC(=O)c3ncc(C#N)[nH]3)c(C3=CCCCC3)n2)CC1.O=S=O. The van der Waals surface area contributed by atoms with E-state index in [0.717, 1.165) is 56.6 Å². The van der Waals surface area contributed by atoms with Crippen LogP contribution in [0.3, 0.4) is 0 Å². The molecule has 2 aromatic heterocycles. The molecule has 0 radical (unpaired) electrons. The number of anilines is 1. The summed E-state index contributed by atoms with van der Waals surface area (Å²) in [6.07, 6.45) is 11.4. The van der Waals surface area contributed by atoms with Crippen LogP contribution < -0.4 is 5.32 Å². The van der Waals surface area contributed by atoms with Crippen molar-refractivity contribution in [1.82, 2.24) is 19.9 Å². The van der Waals surface area contributed by atoms with Gasteiger partial charge < -0.3 is 15.2 Å². The number of rotatable bonds is 6. The first-order chi connectivity index (χ1) is 16.6. The van der Waals surface area contributed by atoms with Crippen LogP contribution in [0.4, 0.5) is 5.69 Å². The molecule has 0 atom stereocenters. The molecule has 1 aliphatic heterocycles. The summed E-state index contributed by atoms with van der Waals surface area (Å²) in [6.45, 7) is 5.64. The minimum atomic E-state index is -0.750. The second-order valence-electron chi connectivity index (χ2n) is 8.50. The third kappa shape index (κ3) is 6.68. The number of H-pyrrole nitrogens is 1. The smallest absolute Gasteiger partial charge is 0.326 e. The second kappa shape index (κ2) is 12.9. The summed E-state index contributed by atoms with van der Waals surface area (Å²) in [5.41, 5.74) is 4.20. The number of hydrogen-bond donors (Lipinski definition) is 2. The van der Waals surface area contributed by atoms with Crippen molar-refractivity contribution in [2.24, 2.45) is 0 Å². The molecular weight excluding hydrogens is 452 g/mol. The number of likely N-dealkylation sites (tertiary alicyclic amines) is 1. The van der Waals surface area contributed by atoms with E-state index in [-0.39, 0.29) is 17.4 Å². The van der Waals surface area contributed by atoms with Gasteiger partial charge in [0.2, 0.25) is 0 Å². The largest absolute Gasteiger partial charge is 0.335 e. The van der Waals surface area contributed by atoms with Gasteiger partial charge in [0, 0.05) is 11.6 Å². The van der Waals surface area contributed by atoms with Crippen molar-refractivity contribution in [3.63, 3.8) is 0 Å². The highest BCUT2D eigenvalue weighted by Gasteiger charge is 2.23. The topological polar surface area (TPSA) is 132 Å². The number of nitrogens with one attached hydrogen (secondary N) is 2. The molecule has 0 aromatic carbocycles. The summed E-state index contributed by atoms with van der Waals surface area (Å²) in [7, 11) is 0. The zero-order valence-electron chi connectivity index (χ0n) is 19.4. The van der Waals surface area contributed by atoms with Crippen LogP contribution in [0.25, 0.3) is 5.57 Å². The maximum atomic E-state index is 12.7. The molecular formula is C24H30N6O3S. The molecule has 10 heteroatoms. The normalized spacial score (nSPS) is 16.5. The number of aromatic amines is 1. The van der Waals surface area contributed by atoms with Crippen LogP contribution in [0.2, 0.25) is 0 Å². The van der Waals surface area contributed by atoms with E-state index >= 15 is 0 Å². The number of hydrogen-bond acceptors (Lipinski definition) is 7. The van der Waals surface area contributed by atoms with Gasteiger partial charge in [-0.15, -0.1) is 0 Å². The Hall–Kier alpha value is -3.16. The number of allylic oxidation sites excluding steroid dienone is 2. The standard InChI is InChI=1S/C24H30N6O.O2S/c1-2-12-30-13-10-17(11-14-30)20-8-9-21(22(28-20)18-6-4-3-5-7-18)29-24(31)23-26-16-19(15-25)27-23;1-3-2/h6,8-9,16-17H,2-5,7,10-14H2,1H3,(H,26,27)(H,29,31);. The molecule has 0 bridgehead atoms. The minimum absolute atomic E-state index is 0.132. The number of amides is 1. The fraction of sp³-hybridized carbons (Fsp3) is 0.500. The van der Waals surface area contributed by atoms with Gasteiger partial charge in [-0.05, 0) is 82.3 Å². The van der Waals surface area contributed by atoms with E-state index in [1.54, 1.807) is 0 Å². The molecule has 2 aliphatic rings. The van der Waals surface area contributed by atoms with Gasteiger partial charge in [-0.1, -0.05) is 13.0 Å². The first-order valence-electron chi connectivity index (χ1n) is 11.7. The third-order valence-electron chi connectivity index (χ3n) is 6.22. The second-order valence-corrected chi connectivity index (χ2v) is 8.64. The Bertz CT molecular complexity index is 1090. The first-order valence-corrected chi connectivity index (χ1v) is 12.4. The Morgan fingerprint density at radius 2 is 2.06 bits per heavy atom. The molecule has 1 fully saturated rings. The van der Waals surface area contributed by atoms with Crippen molar-refractivity contribution in [1.29, 1.82) is 5.26 Å². The van der Waals surface area contributed by atoms with Gasteiger partial charge in [-0.2, -0.15) is 13.7 Å². The fourth-order valence-electron chi connectivity index (χ4n) is 4.54. The van der Waals surface area contributed by atoms with Crippen LogP contribution in [-0.2, 0) is 11.6 Å². The Labute approximate surface area is 203 Å². The van der Waals surface area contributed by atoms with E-state index in [9.17, 15) is 4.79 Å². The minimum Gasteiger partial charge on any atom is -0.326 e. The lowest BCUT2D eigenvalue weighted by Gasteiger charge is -2.31. The van der Waals surface area contributed by atoms with Crippen molar-refractivity contribution in [3.8, 4) is 6.07 Å². The van der Waals surface area contributed by atoms with Crippen molar-refractivity contribution in [3.05, 3.63) is 47.3 Å². The molecule has 4 rings (SSSR count). The van der Waals surface area contributed by atoms with E-state index in [1.165, 1.54) is 31.2 Å². The van der Waals surface area contributed by atoms with Crippen molar-refractivity contribution in [2.75, 3.05) is 25.0 Å². The highest BCUT2D eigenvalue weighted by atomic mass is 32.1. The van der Waals surface area contributed by atoms with Crippen LogP contribution >= 0.6 is 0 Å². The van der Waals surface area contributed by atoms with Crippen LogP contribution in [-0.4, -0.2) is 53.8 Å². The first kappa shape index (κ1) is 25.5. The number of imidazole rings is 1. The molecule has 1 saturated heterocycles. The molecule has 2 aromatic rings. The van der Waals surface area contributed by atoms with Crippen molar-refractivity contribution in [2.45, 2.75) is 57.8 Å². The molecule has 3 heterocycles. The van der Waals surface area contributed by atoms with E-state index in [2.05, 4.69) is 39.3 Å². The molecule has 2 N–H and O–H groups in total. The monoisotopic (exact) mass is 482 g/mol. The van der Waals surface area contributed by atoms with E-state index < -0.39 is 11.6 Å². The summed E-state index contributed by atoms with van der Waals surface area (Å²) >= 11 is -0.750. The quantitative estimate of drug-likeness (QED) is 0.640. The fourth-order valence-corrected chi connectivity index (χ4v) is 4.54. The van der Waals surface area contributed by atoms with Crippen LogP contribution in [0.5, 0.6) is 0 Å². The van der Waals surface area contributed by atoms with Gasteiger partial charge in [0.25, 0.3) is 5.91 Å². The van der Waals surface area contributed by atoms with E-state index in [4.69, 9.17) is 18.7 Å². The van der Waals surface area contributed by atoms with Gasteiger partial charge in [-0.25, -0.2) is 4.98 Å². The lowest BCUT2D eigenvalue weighted by Crippen LogP contribution is -2.33. The van der Waals surface area contributed by atoms with Gasteiger partial charge in [0.1, 0.15) is 11.8 Å². The Kier molecular flexibility index (Phi) is 9.67. The molecule has 9 nitrogen and oxygen atoms in total. The van der Waals surface area contributed by atoms with Crippen LogP contribution in [0, 0.1) is 11.3 Å². The zero-order chi connectivity index (χ0) is 24.3. The predicted octanol–water partition coefficient (Wildman–Crippen LogP) is 3.81. The van der Waals surface area contributed by atoms with E-state index in [0.29, 0.717) is 11.6 Å². The number of pyridine rings is 1. The molecule has 34 heavy (non-hydrogen) atoms. The molecule has 180 valence electrons. The average Bonchev–Trinajstić information content (AvgIpc) is 3.36. The lowest BCUT2D eigenvalue weighted by molar-refractivity contribution is 0.101. The van der Waals surface area contributed by atoms with Gasteiger partial charge in [0.05, 0.1) is 17.6 Å². The third-order valence-corrected chi connectivity index (χ3v) is 6.22. The maximum Gasteiger partial charge on any atom is 0.335 e. The number of aromatic nitrogens is 3. The Balaban J connectivity index is 0.00000103. The van der Waals surface area contributed by atoms with E-state index in [1.807, 2.05) is 12.1 Å². The number of nitrogens with zero attached hydrogens (tertiary/aromatic N) is 4. The number of nitriles is 1. The Morgan fingerprint density at radius 1 is 1.29 bits per heavy atom. The summed E-state index contributed by atoms with van der Waals surface area (Å²) in [5, 5.41) is 11.9. The predicted molar refractivity (Wildman–Crippen MR) is 130 cm³/mol. The van der Waals surface area contributed by atoms with Gasteiger partial charge >= 0.3 is 11.6 Å². The highest BCUT2D eigenvalue weighted by molar-refractivity contribution is 7.51. The van der Waals surface area contributed by atoms with Gasteiger partial charge in [0.15, 0.2) is 5.82 Å². The van der Waals surface area contributed by atoms with Gasteiger partial charge in [-0.3, -0.25) is 9.78 Å². The molecule has 0 unspecified atom stereocenters. The number of piperidine rings is 1. The molecule has 1 amide bonds. The lowest BCUT2D eigenvalue weighted by atomic mass is 9.91. The highest BCUT2D eigenvalue weighted by Crippen LogP contribution is 2.34. The van der Waals surface area contributed by atoms with Crippen molar-refractivity contribution < 1.29 is 13.2 Å². The van der Waals surface area contributed by atoms with Crippen LogP contribution in [0.1, 0.15) is 85.5 Å².